The van der Waals surface area contributed by atoms with E-state index in [9.17, 15) is 4.39 Å². The van der Waals surface area contributed by atoms with Gasteiger partial charge in [0.15, 0.2) is 5.96 Å². The van der Waals surface area contributed by atoms with Crippen molar-refractivity contribution in [2.75, 3.05) is 19.3 Å². The predicted molar refractivity (Wildman–Crippen MR) is 109 cm³/mol. The maximum atomic E-state index is 12.8. The molecule has 2 rings (SSSR count). The van der Waals surface area contributed by atoms with Crippen LogP contribution >= 0.6 is 35.7 Å². The first-order valence-electron chi connectivity index (χ1n) is 7.48. The van der Waals surface area contributed by atoms with E-state index in [2.05, 4.69) is 20.7 Å². The molecule has 0 aliphatic heterocycles. The topological polar surface area (TPSA) is 54.2 Å². The van der Waals surface area contributed by atoms with Crippen LogP contribution in [0.1, 0.15) is 12.0 Å². The van der Waals surface area contributed by atoms with Gasteiger partial charge in [0.1, 0.15) is 5.82 Å². The van der Waals surface area contributed by atoms with Crippen LogP contribution in [0.4, 0.5) is 4.39 Å². The van der Waals surface area contributed by atoms with Crippen molar-refractivity contribution in [3.05, 3.63) is 48.0 Å². The Morgan fingerprint density at radius 1 is 1.29 bits per heavy atom. The van der Waals surface area contributed by atoms with Gasteiger partial charge in [-0.3, -0.25) is 9.67 Å². The number of aryl methyl sites for hydroxylation is 1. The van der Waals surface area contributed by atoms with E-state index in [1.165, 1.54) is 12.1 Å². The first-order valence-corrected chi connectivity index (χ1v) is 8.46. The van der Waals surface area contributed by atoms with Gasteiger partial charge >= 0.3 is 0 Å². The molecule has 2 N–H and O–H groups in total. The summed E-state index contributed by atoms with van der Waals surface area (Å²) in [5.41, 5.74) is 1.11. The highest BCUT2D eigenvalue weighted by Crippen LogP contribution is 2.18. The van der Waals surface area contributed by atoms with Crippen LogP contribution in [0.3, 0.4) is 0 Å². The Morgan fingerprint density at radius 3 is 2.67 bits per heavy atom. The molecule has 24 heavy (non-hydrogen) atoms. The van der Waals surface area contributed by atoms with Crippen molar-refractivity contribution in [1.29, 1.82) is 0 Å². The van der Waals surface area contributed by atoms with Gasteiger partial charge in [-0.2, -0.15) is 5.10 Å². The molecule has 0 saturated carbocycles. The van der Waals surface area contributed by atoms with Crippen LogP contribution in [0.2, 0.25) is 0 Å². The summed E-state index contributed by atoms with van der Waals surface area (Å²) in [4.78, 5) is 5.28. The number of hydrogen-bond acceptors (Lipinski definition) is 3. The van der Waals surface area contributed by atoms with Crippen LogP contribution in [0.15, 0.2) is 46.5 Å². The van der Waals surface area contributed by atoms with E-state index in [1.54, 1.807) is 23.5 Å². The van der Waals surface area contributed by atoms with Crippen molar-refractivity contribution in [2.24, 2.45) is 12.0 Å². The number of aromatic nitrogens is 2. The number of thioether (sulfide) groups is 1. The first-order chi connectivity index (χ1) is 11.2. The molecule has 0 unspecified atom stereocenters. The number of nitrogens with zero attached hydrogens (tertiary/aromatic N) is 3. The monoisotopic (exact) mass is 463 g/mol. The number of guanidine groups is 1. The maximum Gasteiger partial charge on any atom is 0.191 e. The van der Waals surface area contributed by atoms with E-state index in [1.807, 2.05) is 31.6 Å². The van der Waals surface area contributed by atoms with Gasteiger partial charge in [-0.1, -0.05) is 0 Å². The minimum atomic E-state index is -0.195. The molecule has 0 atom stereocenters. The van der Waals surface area contributed by atoms with Crippen molar-refractivity contribution in [2.45, 2.75) is 17.9 Å². The molecule has 0 amide bonds. The van der Waals surface area contributed by atoms with Crippen LogP contribution in [-0.2, 0) is 13.6 Å². The summed E-state index contributed by atoms with van der Waals surface area (Å²) < 4.78 is 14.6. The molecular formula is C16H23FIN5S. The SMILES string of the molecule is CN=C(NCCCSc1ccc(F)cc1)NCc1cnn(C)c1.I. The zero-order chi connectivity index (χ0) is 16.5. The molecule has 1 heterocycles. The second kappa shape index (κ2) is 11.3. The van der Waals surface area contributed by atoms with Gasteiger partial charge in [-0.25, -0.2) is 4.39 Å². The Kier molecular flexibility index (Phi) is 9.77. The quantitative estimate of drug-likeness (QED) is 0.218. The van der Waals surface area contributed by atoms with Crippen LogP contribution in [-0.4, -0.2) is 35.1 Å². The second-order valence-electron chi connectivity index (χ2n) is 5.03. The molecule has 0 aliphatic carbocycles. The molecule has 2 aromatic rings. The van der Waals surface area contributed by atoms with E-state index in [4.69, 9.17) is 0 Å². The summed E-state index contributed by atoms with van der Waals surface area (Å²) in [5.74, 6) is 1.55. The smallest absolute Gasteiger partial charge is 0.191 e. The van der Waals surface area contributed by atoms with Gasteiger partial charge < -0.3 is 10.6 Å². The third-order valence-corrected chi connectivity index (χ3v) is 4.24. The van der Waals surface area contributed by atoms with Gasteiger partial charge in [0, 0.05) is 43.8 Å². The predicted octanol–water partition coefficient (Wildman–Crippen LogP) is 3.02. The van der Waals surface area contributed by atoms with Crippen molar-refractivity contribution >= 4 is 41.7 Å². The minimum absolute atomic E-state index is 0. The van der Waals surface area contributed by atoms with Gasteiger partial charge in [0.05, 0.1) is 6.20 Å². The third-order valence-electron chi connectivity index (χ3n) is 3.14. The van der Waals surface area contributed by atoms with Crippen LogP contribution in [0.5, 0.6) is 0 Å². The summed E-state index contributed by atoms with van der Waals surface area (Å²) in [6.45, 7) is 1.53. The van der Waals surface area contributed by atoms with Gasteiger partial charge in [-0.05, 0) is 36.4 Å². The molecule has 1 aromatic heterocycles. The van der Waals surface area contributed by atoms with E-state index in [0.29, 0.717) is 6.54 Å². The third kappa shape index (κ3) is 7.52. The van der Waals surface area contributed by atoms with Crippen LogP contribution in [0, 0.1) is 5.82 Å². The largest absolute Gasteiger partial charge is 0.356 e. The summed E-state index contributed by atoms with van der Waals surface area (Å²) in [7, 11) is 3.65. The summed E-state index contributed by atoms with van der Waals surface area (Å²) in [6, 6.07) is 6.60. The molecule has 1 aromatic carbocycles. The zero-order valence-corrected chi connectivity index (χ0v) is 17.0. The second-order valence-corrected chi connectivity index (χ2v) is 6.20. The molecule has 0 aliphatic rings. The molecule has 8 heteroatoms. The number of hydrogen-bond donors (Lipinski definition) is 2. The molecular weight excluding hydrogens is 440 g/mol. The molecule has 0 bridgehead atoms. The lowest BCUT2D eigenvalue weighted by molar-refractivity contribution is 0.626. The summed E-state index contributed by atoms with van der Waals surface area (Å²) in [5, 5.41) is 10.7. The molecule has 132 valence electrons. The van der Waals surface area contributed by atoms with Gasteiger partial charge in [-0.15, -0.1) is 35.7 Å². The average Bonchev–Trinajstić information content (AvgIpc) is 2.97. The summed E-state index contributed by atoms with van der Waals surface area (Å²) in [6.07, 6.45) is 4.80. The lowest BCUT2D eigenvalue weighted by Gasteiger charge is -2.11. The average molecular weight is 463 g/mol. The number of rotatable bonds is 7. The van der Waals surface area contributed by atoms with Crippen molar-refractivity contribution in [3.63, 3.8) is 0 Å². The first kappa shape index (κ1) is 20.8. The van der Waals surface area contributed by atoms with E-state index in [0.717, 1.165) is 35.1 Å². The maximum absolute atomic E-state index is 12.8. The number of nitrogens with one attached hydrogen (secondary N) is 2. The lowest BCUT2D eigenvalue weighted by Crippen LogP contribution is -2.37. The Morgan fingerprint density at radius 2 is 2.04 bits per heavy atom. The molecule has 0 saturated heterocycles. The Hall–Kier alpha value is -1.29. The minimum Gasteiger partial charge on any atom is -0.356 e. The van der Waals surface area contributed by atoms with E-state index in [-0.39, 0.29) is 29.8 Å². The van der Waals surface area contributed by atoms with Crippen molar-refractivity contribution in [3.8, 4) is 0 Å². The van der Waals surface area contributed by atoms with E-state index >= 15 is 0 Å². The fourth-order valence-corrected chi connectivity index (χ4v) is 2.82. The van der Waals surface area contributed by atoms with Crippen LogP contribution < -0.4 is 10.6 Å². The van der Waals surface area contributed by atoms with Gasteiger partial charge in [0.25, 0.3) is 0 Å². The fraction of sp³-hybridized carbons (Fsp3) is 0.375. The summed E-state index contributed by atoms with van der Waals surface area (Å²) >= 11 is 1.72. The lowest BCUT2D eigenvalue weighted by atomic mass is 10.3. The van der Waals surface area contributed by atoms with Gasteiger partial charge in [0.2, 0.25) is 0 Å². The Labute approximate surface area is 163 Å². The molecule has 0 spiro atoms. The van der Waals surface area contributed by atoms with E-state index < -0.39 is 0 Å². The Bertz CT molecular complexity index is 630. The Balaban J connectivity index is 0.00000288. The standard InChI is InChI=1S/C16H22FN5S.HI/c1-18-16(20-10-13-11-21-22(2)12-13)19-8-3-9-23-15-6-4-14(17)5-7-15;/h4-7,11-12H,3,8-10H2,1-2H3,(H2,18,19,20);1H. The highest BCUT2D eigenvalue weighted by molar-refractivity contribution is 14.0. The van der Waals surface area contributed by atoms with Crippen molar-refractivity contribution < 1.29 is 4.39 Å². The van der Waals surface area contributed by atoms with Crippen LogP contribution in [0.25, 0.3) is 0 Å². The van der Waals surface area contributed by atoms with Crippen molar-refractivity contribution in [1.82, 2.24) is 20.4 Å². The number of benzene rings is 1. The number of halogens is 2. The fourth-order valence-electron chi connectivity index (χ4n) is 1.97. The highest BCUT2D eigenvalue weighted by Gasteiger charge is 2.00. The molecule has 5 nitrogen and oxygen atoms in total. The highest BCUT2D eigenvalue weighted by atomic mass is 127. The molecule has 0 fully saturated rings. The zero-order valence-electron chi connectivity index (χ0n) is 13.8. The normalized spacial score (nSPS) is 11.0. The molecule has 0 radical (unpaired) electrons. The number of aliphatic imine (C=N–C) groups is 1.